The minimum Gasteiger partial charge on any atom is -0.348 e. The summed E-state index contributed by atoms with van der Waals surface area (Å²) in [6.45, 7) is 4.76. The topological polar surface area (TPSA) is 41.4 Å². The van der Waals surface area contributed by atoms with Gasteiger partial charge in [-0.2, -0.15) is 0 Å². The SMILES string of the molecule is CN(C)C(=O)[C@@]1(C)CCCN(Cc2nccn2C)C1. The number of imidazole rings is 1. The molecule has 0 aliphatic carbocycles. The van der Waals surface area contributed by atoms with E-state index in [1.807, 2.05) is 38.1 Å². The van der Waals surface area contributed by atoms with Crippen molar-refractivity contribution in [3.63, 3.8) is 0 Å². The molecule has 106 valence electrons. The van der Waals surface area contributed by atoms with E-state index in [4.69, 9.17) is 0 Å². The Labute approximate surface area is 115 Å². The molecule has 1 aliphatic rings. The first-order valence-corrected chi connectivity index (χ1v) is 6.83. The number of likely N-dealkylation sites (tertiary alicyclic amines) is 1. The third-order valence-corrected chi connectivity index (χ3v) is 3.98. The van der Waals surface area contributed by atoms with Crippen LogP contribution in [0.4, 0.5) is 0 Å². The number of carbonyl (C=O) groups is 1. The van der Waals surface area contributed by atoms with Crippen LogP contribution >= 0.6 is 0 Å². The summed E-state index contributed by atoms with van der Waals surface area (Å²) in [5, 5.41) is 0. The van der Waals surface area contributed by atoms with E-state index in [2.05, 4.69) is 16.8 Å². The number of rotatable bonds is 3. The van der Waals surface area contributed by atoms with E-state index in [9.17, 15) is 4.79 Å². The lowest BCUT2D eigenvalue weighted by molar-refractivity contribution is -0.141. The van der Waals surface area contributed by atoms with Gasteiger partial charge in [0, 0.05) is 40.1 Å². The molecule has 0 bridgehead atoms. The second-order valence-corrected chi connectivity index (χ2v) is 6.03. The number of aromatic nitrogens is 2. The number of aryl methyl sites for hydroxylation is 1. The Hall–Kier alpha value is -1.36. The molecule has 1 amide bonds. The summed E-state index contributed by atoms with van der Waals surface area (Å²) < 4.78 is 2.04. The summed E-state index contributed by atoms with van der Waals surface area (Å²) in [4.78, 5) is 20.7. The van der Waals surface area contributed by atoms with Gasteiger partial charge in [-0.05, 0) is 26.3 Å². The maximum absolute atomic E-state index is 12.3. The van der Waals surface area contributed by atoms with E-state index in [1.54, 1.807) is 4.90 Å². The van der Waals surface area contributed by atoms with Gasteiger partial charge < -0.3 is 9.47 Å². The molecule has 0 aromatic carbocycles. The molecule has 1 saturated heterocycles. The van der Waals surface area contributed by atoms with Gasteiger partial charge in [0.1, 0.15) is 5.82 Å². The number of hydrogen-bond acceptors (Lipinski definition) is 3. The van der Waals surface area contributed by atoms with Crippen LogP contribution in [-0.4, -0.2) is 52.4 Å². The number of piperidine rings is 1. The lowest BCUT2D eigenvalue weighted by Crippen LogP contribution is -2.49. The highest BCUT2D eigenvalue weighted by atomic mass is 16.2. The van der Waals surface area contributed by atoms with Crippen molar-refractivity contribution in [1.29, 1.82) is 0 Å². The molecule has 1 aromatic heterocycles. The highest BCUT2D eigenvalue weighted by Crippen LogP contribution is 2.31. The van der Waals surface area contributed by atoms with Gasteiger partial charge >= 0.3 is 0 Å². The molecule has 0 spiro atoms. The van der Waals surface area contributed by atoms with Crippen LogP contribution in [0.5, 0.6) is 0 Å². The summed E-state index contributed by atoms with van der Waals surface area (Å²) in [6.07, 6.45) is 5.83. The summed E-state index contributed by atoms with van der Waals surface area (Å²) in [5.41, 5.74) is -0.257. The summed E-state index contributed by atoms with van der Waals surface area (Å²) >= 11 is 0. The van der Waals surface area contributed by atoms with Crippen molar-refractivity contribution in [3.8, 4) is 0 Å². The van der Waals surface area contributed by atoms with Crippen LogP contribution < -0.4 is 0 Å². The van der Waals surface area contributed by atoms with Gasteiger partial charge in [0.25, 0.3) is 0 Å². The molecule has 0 saturated carbocycles. The van der Waals surface area contributed by atoms with E-state index < -0.39 is 0 Å². The van der Waals surface area contributed by atoms with E-state index >= 15 is 0 Å². The van der Waals surface area contributed by atoms with Crippen LogP contribution in [0.15, 0.2) is 12.4 Å². The zero-order valence-electron chi connectivity index (χ0n) is 12.4. The van der Waals surface area contributed by atoms with Crippen molar-refractivity contribution >= 4 is 5.91 Å². The molecule has 1 atom stereocenters. The first kappa shape index (κ1) is 14.1. The van der Waals surface area contributed by atoms with Gasteiger partial charge in [-0.15, -0.1) is 0 Å². The van der Waals surface area contributed by atoms with Crippen LogP contribution in [0.3, 0.4) is 0 Å². The van der Waals surface area contributed by atoms with Crippen molar-refractivity contribution in [3.05, 3.63) is 18.2 Å². The molecule has 0 N–H and O–H groups in total. The fraction of sp³-hybridized carbons (Fsp3) is 0.714. The van der Waals surface area contributed by atoms with E-state index in [-0.39, 0.29) is 11.3 Å². The van der Waals surface area contributed by atoms with Gasteiger partial charge in [0.2, 0.25) is 5.91 Å². The molecule has 5 heteroatoms. The lowest BCUT2D eigenvalue weighted by atomic mass is 9.80. The zero-order chi connectivity index (χ0) is 14.0. The molecule has 19 heavy (non-hydrogen) atoms. The Balaban J connectivity index is 2.05. The molecule has 2 rings (SSSR count). The largest absolute Gasteiger partial charge is 0.348 e. The molecular formula is C14H24N4O. The molecule has 1 fully saturated rings. The highest BCUT2D eigenvalue weighted by Gasteiger charge is 2.38. The molecule has 2 heterocycles. The van der Waals surface area contributed by atoms with Crippen LogP contribution in [0.2, 0.25) is 0 Å². The molecule has 1 aliphatic heterocycles. The smallest absolute Gasteiger partial charge is 0.229 e. The van der Waals surface area contributed by atoms with E-state index in [1.165, 1.54) is 0 Å². The van der Waals surface area contributed by atoms with Gasteiger partial charge in [0.15, 0.2) is 0 Å². The van der Waals surface area contributed by atoms with E-state index in [0.29, 0.717) is 0 Å². The Bertz CT molecular complexity index is 454. The summed E-state index contributed by atoms with van der Waals surface area (Å²) in [6, 6.07) is 0. The normalized spacial score (nSPS) is 24.4. The molecule has 0 radical (unpaired) electrons. The number of carbonyl (C=O) groups excluding carboxylic acids is 1. The first-order valence-electron chi connectivity index (χ1n) is 6.83. The highest BCUT2D eigenvalue weighted by molar-refractivity contribution is 5.82. The van der Waals surface area contributed by atoms with Crippen molar-refractivity contribution in [2.24, 2.45) is 12.5 Å². The maximum atomic E-state index is 12.3. The predicted octanol–water partition coefficient (Wildman–Crippen LogP) is 1.11. The molecule has 1 aromatic rings. The second kappa shape index (κ2) is 5.33. The minimum absolute atomic E-state index is 0.233. The lowest BCUT2D eigenvalue weighted by Gasteiger charge is -2.40. The predicted molar refractivity (Wildman–Crippen MR) is 74.5 cm³/mol. The fourth-order valence-corrected chi connectivity index (χ4v) is 2.94. The van der Waals surface area contributed by atoms with Gasteiger partial charge in [-0.1, -0.05) is 0 Å². The molecule has 5 nitrogen and oxygen atoms in total. The van der Waals surface area contributed by atoms with Gasteiger partial charge in [-0.3, -0.25) is 9.69 Å². The zero-order valence-corrected chi connectivity index (χ0v) is 12.4. The number of amides is 1. The summed E-state index contributed by atoms with van der Waals surface area (Å²) in [5.74, 6) is 1.29. The van der Waals surface area contributed by atoms with Crippen LogP contribution in [0.1, 0.15) is 25.6 Å². The van der Waals surface area contributed by atoms with Crippen molar-refractivity contribution in [1.82, 2.24) is 19.4 Å². The van der Waals surface area contributed by atoms with Gasteiger partial charge in [-0.25, -0.2) is 4.98 Å². The van der Waals surface area contributed by atoms with Crippen molar-refractivity contribution in [2.75, 3.05) is 27.2 Å². The van der Waals surface area contributed by atoms with Gasteiger partial charge in [0.05, 0.1) is 12.0 Å². The second-order valence-electron chi connectivity index (χ2n) is 6.03. The standard InChI is InChI=1S/C14H24N4O/c1-14(13(19)16(2)3)6-5-8-18(11-14)10-12-15-7-9-17(12)4/h7,9H,5-6,8,10-11H2,1-4H3/t14-/m0/s1. The monoisotopic (exact) mass is 264 g/mol. The fourth-order valence-electron chi connectivity index (χ4n) is 2.94. The first-order chi connectivity index (χ1) is 8.92. The Morgan fingerprint density at radius 2 is 2.26 bits per heavy atom. The third kappa shape index (κ3) is 2.97. The van der Waals surface area contributed by atoms with Crippen LogP contribution in [0.25, 0.3) is 0 Å². The minimum atomic E-state index is -0.257. The van der Waals surface area contributed by atoms with Crippen LogP contribution in [-0.2, 0) is 18.4 Å². The summed E-state index contributed by atoms with van der Waals surface area (Å²) in [7, 11) is 5.69. The molecular weight excluding hydrogens is 240 g/mol. The number of hydrogen-bond donors (Lipinski definition) is 0. The average Bonchev–Trinajstić information content (AvgIpc) is 2.74. The third-order valence-electron chi connectivity index (χ3n) is 3.98. The van der Waals surface area contributed by atoms with Crippen LogP contribution in [0, 0.1) is 5.41 Å². The Morgan fingerprint density at radius 3 is 2.84 bits per heavy atom. The van der Waals surface area contributed by atoms with Crippen molar-refractivity contribution < 1.29 is 4.79 Å². The number of nitrogens with zero attached hydrogens (tertiary/aromatic N) is 4. The Kier molecular flexibility index (Phi) is 3.94. The Morgan fingerprint density at radius 1 is 1.53 bits per heavy atom. The maximum Gasteiger partial charge on any atom is 0.229 e. The van der Waals surface area contributed by atoms with E-state index in [0.717, 1.165) is 38.3 Å². The quantitative estimate of drug-likeness (QED) is 0.821. The van der Waals surface area contributed by atoms with Crippen molar-refractivity contribution in [2.45, 2.75) is 26.3 Å². The molecule has 0 unspecified atom stereocenters. The average molecular weight is 264 g/mol.